The fourth-order valence-corrected chi connectivity index (χ4v) is 3.69. The second-order valence-electron chi connectivity index (χ2n) is 6.60. The van der Waals surface area contributed by atoms with E-state index in [1.54, 1.807) is 31.2 Å². The number of fused-ring (bicyclic) bond motifs is 1. The molecule has 1 aromatic heterocycles. The molecule has 3 N–H and O–H groups in total. The number of methoxy groups -OCH3 is 2. The Hall–Kier alpha value is -2.87. The van der Waals surface area contributed by atoms with Gasteiger partial charge in [0.05, 0.1) is 31.3 Å². The van der Waals surface area contributed by atoms with Crippen molar-refractivity contribution in [2.45, 2.75) is 24.9 Å². The molecule has 2 aromatic rings. The van der Waals surface area contributed by atoms with Crippen molar-refractivity contribution in [3.05, 3.63) is 57.0 Å². The van der Waals surface area contributed by atoms with E-state index in [0.717, 1.165) is 0 Å². The highest BCUT2D eigenvalue weighted by Crippen LogP contribution is 2.44. The number of hydrogen-bond acceptors (Lipinski definition) is 6. The lowest BCUT2D eigenvalue weighted by atomic mass is 9.66. The minimum atomic E-state index is -1.42. The summed E-state index contributed by atoms with van der Waals surface area (Å²) < 4.78 is 9.57. The molecule has 26 heavy (non-hydrogen) atoms. The van der Waals surface area contributed by atoms with Crippen LogP contribution in [0.25, 0.3) is 0 Å². The van der Waals surface area contributed by atoms with Gasteiger partial charge in [0, 0.05) is 23.6 Å². The molecule has 0 saturated heterocycles. The molecule has 1 aromatic carbocycles. The highest BCUT2D eigenvalue weighted by molar-refractivity contribution is 5.89. The average Bonchev–Trinajstić information content (AvgIpc) is 2.98. The summed E-state index contributed by atoms with van der Waals surface area (Å²) in [4.78, 5) is 36.4. The Kier molecular flexibility index (Phi) is 4.45. The first-order chi connectivity index (χ1) is 12.3. The molecule has 8 heteroatoms. The van der Waals surface area contributed by atoms with Gasteiger partial charge in [0.2, 0.25) is 0 Å². The lowest BCUT2D eigenvalue weighted by Crippen LogP contribution is -2.49. The predicted octanol–water partition coefficient (Wildman–Crippen LogP) is 0.718. The van der Waals surface area contributed by atoms with Crippen LogP contribution in [0.15, 0.2) is 29.1 Å². The van der Waals surface area contributed by atoms with E-state index in [1.165, 1.54) is 14.2 Å². The van der Waals surface area contributed by atoms with E-state index in [0.29, 0.717) is 22.4 Å². The van der Waals surface area contributed by atoms with Crippen molar-refractivity contribution in [1.29, 1.82) is 0 Å². The Labute approximate surface area is 149 Å². The zero-order valence-corrected chi connectivity index (χ0v) is 14.7. The normalized spacial score (nSPS) is 24.6. The van der Waals surface area contributed by atoms with E-state index in [4.69, 9.17) is 4.74 Å². The van der Waals surface area contributed by atoms with Gasteiger partial charge in [-0.25, -0.2) is 4.79 Å². The fourth-order valence-electron chi connectivity index (χ4n) is 3.69. The lowest BCUT2D eigenvalue weighted by molar-refractivity contribution is -0.156. The quantitative estimate of drug-likeness (QED) is 0.694. The van der Waals surface area contributed by atoms with Gasteiger partial charge in [-0.1, -0.05) is 12.1 Å². The Bertz CT molecular complexity index is 893. The Morgan fingerprint density at radius 1 is 1.15 bits per heavy atom. The molecule has 1 heterocycles. The van der Waals surface area contributed by atoms with Gasteiger partial charge in [0.1, 0.15) is 0 Å². The first kappa shape index (κ1) is 17.9. The van der Waals surface area contributed by atoms with E-state index in [-0.39, 0.29) is 12.0 Å². The number of carbonyl (C=O) groups is 2. The van der Waals surface area contributed by atoms with Gasteiger partial charge >= 0.3 is 11.9 Å². The number of ether oxygens (including phenoxy) is 2. The molecule has 0 fully saturated rings. The molecular formula is C18H20N2O6. The minimum absolute atomic E-state index is 0.109. The summed E-state index contributed by atoms with van der Waals surface area (Å²) in [6, 6.07) is 6.40. The molecule has 0 spiro atoms. The Morgan fingerprint density at radius 2 is 1.81 bits per heavy atom. The SMILES string of the molecule is COC(=O)c1ccc([C@@H]2c3c([nH][nH]c3=O)C[C@@](C)(O)[C@@H]2C(=O)OC)cc1. The summed E-state index contributed by atoms with van der Waals surface area (Å²) in [7, 11) is 2.53. The molecule has 138 valence electrons. The summed E-state index contributed by atoms with van der Waals surface area (Å²) in [5.41, 5.74) is 0.110. The number of aromatic nitrogens is 2. The zero-order chi connectivity index (χ0) is 19.1. The van der Waals surface area contributed by atoms with Crippen LogP contribution in [0.2, 0.25) is 0 Å². The van der Waals surface area contributed by atoms with E-state index in [2.05, 4.69) is 14.9 Å². The highest BCUT2D eigenvalue weighted by Gasteiger charge is 2.51. The van der Waals surface area contributed by atoms with Crippen molar-refractivity contribution in [2.75, 3.05) is 14.2 Å². The van der Waals surface area contributed by atoms with Crippen LogP contribution in [0.3, 0.4) is 0 Å². The van der Waals surface area contributed by atoms with Crippen LogP contribution in [0.1, 0.15) is 40.0 Å². The van der Waals surface area contributed by atoms with Crippen molar-refractivity contribution < 1.29 is 24.2 Å². The fraction of sp³-hybridized carbons (Fsp3) is 0.389. The van der Waals surface area contributed by atoms with E-state index < -0.39 is 29.4 Å². The van der Waals surface area contributed by atoms with Crippen LogP contribution in [-0.4, -0.2) is 47.1 Å². The average molecular weight is 360 g/mol. The van der Waals surface area contributed by atoms with Crippen LogP contribution in [0.4, 0.5) is 0 Å². The Balaban J connectivity index is 2.16. The largest absolute Gasteiger partial charge is 0.469 e. The van der Waals surface area contributed by atoms with Crippen molar-refractivity contribution in [2.24, 2.45) is 5.92 Å². The van der Waals surface area contributed by atoms with Crippen LogP contribution >= 0.6 is 0 Å². The second-order valence-corrected chi connectivity index (χ2v) is 6.60. The third kappa shape index (κ3) is 2.82. The summed E-state index contributed by atoms with van der Waals surface area (Å²) >= 11 is 0. The molecule has 0 unspecified atom stereocenters. The van der Waals surface area contributed by atoms with Gasteiger partial charge in [0.25, 0.3) is 5.56 Å². The second kappa shape index (κ2) is 6.45. The Morgan fingerprint density at radius 3 is 2.38 bits per heavy atom. The molecule has 0 radical (unpaired) electrons. The van der Waals surface area contributed by atoms with Gasteiger partial charge in [-0.3, -0.25) is 14.7 Å². The first-order valence-electron chi connectivity index (χ1n) is 8.08. The number of H-pyrrole nitrogens is 2. The van der Waals surface area contributed by atoms with Crippen LogP contribution in [0, 0.1) is 5.92 Å². The summed E-state index contributed by atoms with van der Waals surface area (Å²) in [5.74, 6) is -2.79. The molecule has 3 rings (SSSR count). The van der Waals surface area contributed by atoms with Gasteiger partial charge < -0.3 is 19.7 Å². The maximum atomic E-state index is 12.5. The molecule has 1 aliphatic carbocycles. The maximum absolute atomic E-state index is 12.5. The van der Waals surface area contributed by atoms with Gasteiger partial charge in [-0.2, -0.15) is 0 Å². The van der Waals surface area contributed by atoms with Gasteiger partial charge in [-0.15, -0.1) is 0 Å². The predicted molar refractivity (Wildman–Crippen MR) is 90.9 cm³/mol. The van der Waals surface area contributed by atoms with Crippen molar-refractivity contribution in [3.8, 4) is 0 Å². The third-order valence-electron chi connectivity index (χ3n) is 4.89. The van der Waals surface area contributed by atoms with Crippen molar-refractivity contribution in [1.82, 2.24) is 10.2 Å². The maximum Gasteiger partial charge on any atom is 0.337 e. The van der Waals surface area contributed by atoms with E-state index in [9.17, 15) is 19.5 Å². The number of carbonyl (C=O) groups excluding carboxylic acids is 2. The first-order valence-corrected chi connectivity index (χ1v) is 8.08. The molecule has 0 bridgehead atoms. The molecule has 1 aliphatic rings. The molecule has 0 amide bonds. The smallest absolute Gasteiger partial charge is 0.337 e. The molecular weight excluding hydrogens is 340 g/mol. The molecule has 0 aliphatic heterocycles. The summed E-state index contributed by atoms with van der Waals surface area (Å²) in [5, 5.41) is 16.2. The number of aliphatic hydroxyl groups is 1. The van der Waals surface area contributed by atoms with Crippen LogP contribution in [0.5, 0.6) is 0 Å². The third-order valence-corrected chi connectivity index (χ3v) is 4.89. The van der Waals surface area contributed by atoms with E-state index >= 15 is 0 Å². The minimum Gasteiger partial charge on any atom is -0.469 e. The van der Waals surface area contributed by atoms with Crippen molar-refractivity contribution >= 4 is 11.9 Å². The number of nitrogens with one attached hydrogen (secondary N) is 2. The lowest BCUT2D eigenvalue weighted by Gasteiger charge is -2.40. The van der Waals surface area contributed by atoms with Crippen LogP contribution in [-0.2, 0) is 20.7 Å². The monoisotopic (exact) mass is 360 g/mol. The van der Waals surface area contributed by atoms with Gasteiger partial charge in [-0.05, 0) is 24.6 Å². The topological polar surface area (TPSA) is 121 Å². The number of aromatic amines is 2. The summed E-state index contributed by atoms with van der Waals surface area (Å²) in [6.45, 7) is 1.54. The van der Waals surface area contributed by atoms with Crippen molar-refractivity contribution in [3.63, 3.8) is 0 Å². The standard InChI is InChI=1S/C18H20N2O6/c1-18(24)8-11-13(15(21)20-19-11)12(14(18)17(23)26-3)9-4-6-10(7-5-9)16(22)25-2/h4-7,12,14,24H,8H2,1-3H3,(H2,19,20,21)/t12-,14+,18-/m1/s1. The summed E-state index contributed by atoms with van der Waals surface area (Å²) in [6.07, 6.45) is 0.109. The zero-order valence-electron chi connectivity index (χ0n) is 14.7. The molecule has 0 saturated carbocycles. The molecule has 3 atom stereocenters. The van der Waals surface area contributed by atoms with E-state index in [1.807, 2.05) is 0 Å². The number of rotatable bonds is 3. The number of hydrogen-bond donors (Lipinski definition) is 3. The number of esters is 2. The van der Waals surface area contributed by atoms with Gasteiger partial charge in [0.15, 0.2) is 0 Å². The highest BCUT2D eigenvalue weighted by atomic mass is 16.5. The molecule has 8 nitrogen and oxygen atoms in total. The van der Waals surface area contributed by atoms with Crippen LogP contribution < -0.4 is 5.56 Å². The number of benzene rings is 1.